The van der Waals surface area contributed by atoms with Gasteiger partial charge in [0.15, 0.2) is 0 Å². The van der Waals surface area contributed by atoms with Gasteiger partial charge in [0.25, 0.3) is 0 Å². The monoisotopic (exact) mass is 219 g/mol. The summed E-state index contributed by atoms with van der Waals surface area (Å²) in [6.45, 7) is 5.55. The highest BCUT2D eigenvalue weighted by Gasteiger charge is 2.58. The fourth-order valence-corrected chi connectivity index (χ4v) is 4.83. The van der Waals surface area contributed by atoms with Crippen LogP contribution in [0.4, 0.5) is 0 Å². The molecule has 16 heavy (non-hydrogen) atoms. The highest BCUT2D eigenvalue weighted by molar-refractivity contribution is 5.40. The number of carbonyl (C=O) groups excluding carboxylic acids is 1. The summed E-state index contributed by atoms with van der Waals surface area (Å²) in [5.41, 5.74) is -0.239. The summed E-state index contributed by atoms with van der Waals surface area (Å²) < 4.78 is 5.47. The molecule has 0 atom stereocenters. The van der Waals surface area contributed by atoms with Crippen LogP contribution in [0.15, 0.2) is 12.7 Å². The Bertz CT molecular complexity index is 268. The maximum absolute atomic E-state index is 10.7. The van der Waals surface area contributed by atoms with Gasteiger partial charge in [-0.15, -0.1) is 6.58 Å². The molecule has 4 aliphatic rings. The van der Waals surface area contributed by atoms with Gasteiger partial charge in [-0.05, 0) is 55.8 Å². The lowest BCUT2D eigenvalue weighted by Gasteiger charge is -2.59. The third-order valence-corrected chi connectivity index (χ3v) is 5.22. The van der Waals surface area contributed by atoms with Crippen molar-refractivity contribution in [2.24, 2.45) is 23.7 Å². The highest BCUT2D eigenvalue weighted by atomic mass is 16.5. The molecule has 0 spiro atoms. The lowest BCUT2D eigenvalue weighted by Crippen LogP contribution is -2.58. The molecular weight excluding hydrogens is 200 g/mol. The maximum atomic E-state index is 10.7. The molecule has 0 amide bonds. The Hall–Kier alpha value is -0.790. The van der Waals surface area contributed by atoms with E-state index < -0.39 is 0 Å². The lowest BCUT2D eigenvalue weighted by atomic mass is 9.49. The summed E-state index contributed by atoms with van der Waals surface area (Å²) in [6, 6.07) is 0. The summed E-state index contributed by atoms with van der Waals surface area (Å²) in [4.78, 5) is 10.7. The molecule has 0 saturated heterocycles. The van der Waals surface area contributed by atoms with E-state index in [1.807, 2.05) is 6.08 Å². The SMILES string of the molecule is C=CCC1(O[C]=O)C2CC3CC(C2)CC1C3. The summed E-state index contributed by atoms with van der Waals surface area (Å²) in [5, 5.41) is 0. The van der Waals surface area contributed by atoms with Crippen LogP contribution in [0, 0.1) is 23.7 Å². The highest BCUT2D eigenvalue weighted by Crippen LogP contribution is 2.60. The molecule has 4 aliphatic carbocycles. The predicted octanol–water partition coefficient (Wildman–Crippen LogP) is 2.84. The zero-order valence-corrected chi connectivity index (χ0v) is 9.65. The first-order valence-corrected chi connectivity index (χ1v) is 6.44. The van der Waals surface area contributed by atoms with Crippen molar-refractivity contribution in [2.75, 3.05) is 0 Å². The topological polar surface area (TPSA) is 26.3 Å². The van der Waals surface area contributed by atoms with Crippen LogP contribution in [0.2, 0.25) is 0 Å². The van der Waals surface area contributed by atoms with Gasteiger partial charge < -0.3 is 4.74 Å². The zero-order chi connectivity index (χ0) is 11.2. The van der Waals surface area contributed by atoms with E-state index in [1.54, 1.807) is 6.47 Å². The van der Waals surface area contributed by atoms with E-state index in [0.29, 0.717) is 11.8 Å². The Balaban J connectivity index is 1.92. The molecular formula is C14H19O2. The number of hydrogen-bond acceptors (Lipinski definition) is 2. The van der Waals surface area contributed by atoms with E-state index in [0.717, 1.165) is 18.3 Å². The molecule has 0 N–H and O–H groups in total. The molecule has 0 unspecified atom stereocenters. The molecule has 0 aromatic heterocycles. The van der Waals surface area contributed by atoms with Crippen molar-refractivity contribution >= 4 is 6.47 Å². The van der Waals surface area contributed by atoms with Gasteiger partial charge in [0.2, 0.25) is 0 Å². The van der Waals surface area contributed by atoms with E-state index >= 15 is 0 Å². The number of rotatable bonds is 4. The van der Waals surface area contributed by atoms with Gasteiger partial charge in [0.1, 0.15) is 5.60 Å². The fraction of sp³-hybridized carbons (Fsp3) is 0.786. The molecule has 2 heteroatoms. The quantitative estimate of drug-likeness (QED) is 0.680. The minimum atomic E-state index is -0.239. The molecule has 1 radical (unpaired) electrons. The standard InChI is InChI=1S/C14H19O2/c1-2-3-14(16-9-15)12-5-10-4-11(7-12)8-13(14)6-10/h2,10-13H,1,3-8H2. The zero-order valence-electron chi connectivity index (χ0n) is 9.65. The van der Waals surface area contributed by atoms with Crippen LogP contribution in [0.25, 0.3) is 0 Å². The van der Waals surface area contributed by atoms with Crippen molar-refractivity contribution in [1.82, 2.24) is 0 Å². The molecule has 4 bridgehead atoms. The Morgan fingerprint density at radius 1 is 1.19 bits per heavy atom. The van der Waals surface area contributed by atoms with Crippen LogP contribution >= 0.6 is 0 Å². The molecule has 87 valence electrons. The first-order chi connectivity index (χ1) is 7.78. The molecule has 0 heterocycles. The first kappa shape index (κ1) is 10.4. The van der Waals surface area contributed by atoms with Crippen LogP contribution in [0.5, 0.6) is 0 Å². The number of ether oxygens (including phenoxy) is 1. The lowest BCUT2D eigenvalue weighted by molar-refractivity contribution is -0.161. The fourth-order valence-electron chi connectivity index (χ4n) is 4.83. The van der Waals surface area contributed by atoms with Crippen molar-refractivity contribution < 1.29 is 9.53 Å². The first-order valence-electron chi connectivity index (χ1n) is 6.44. The van der Waals surface area contributed by atoms with Crippen molar-refractivity contribution in [2.45, 2.75) is 44.1 Å². The summed E-state index contributed by atoms with van der Waals surface area (Å²) in [5.74, 6) is 2.94. The molecule has 0 aromatic rings. The smallest absolute Gasteiger partial charge is 0.418 e. The van der Waals surface area contributed by atoms with E-state index in [1.165, 1.54) is 32.1 Å². The van der Waals surface area contributed by atoms with Crippen molar-refractivity contribution in [3.8, 4) is 0 Å². The second-order valence-electron chi connectivity index (χ2n) is 5.94. The van der Waals surface area contributed by atoms with Gasteiger partial charge >= 0.3 is 6.47 Å². The average Bonchev–Trinajstić information content (AvgIpc) is 2.25. The average molecular weight is 219 g/mol. The van der Waals surface area contributed by atoms with Crippen molar-refractivity contribution in [1.29, 1.82) is 0 Å². The van der Waals surface area contributed by atoms with E-state index in [2.05, 4.69) is 6.58 Å². The van der Waals surface area contributed by atoms with Gasteiger partial charge in [-0.3, -0.25) is 0 Å². The normalized spacial score (nSPS) is 49.0. The predicted molar refractivity (Wildman–Crippen MR) is 61.4 cm³/mol. The number of hydrogen-bond donors (Lipinski definition) is 0. The minimum absolute atomic E-state index is 0.239. The van der Waals surface area contributed by atoms with Gasteiger partial charge in [-0.2, -0.15) is 0 Å². The third-order valence-electron chi connectivity index (χ3n) is 5.22. The van der Waals surface area contributed by atoms with Gasteiger partial charge in [-0.1, -0.05) is 6.08 Å². The third kappa shape index (κ3) is 1.28. The van der Waals surface area contributed by atoms with Gasteiger partial charge in [0.05, 0.1) is 0 Å². The second-order valence-corrected chi connectivity index (χ2v) is 5.94. The van der Waals surface area contributed by atoms with Gasteiger partial charge in [-0.25, -0.2) is 4.79 Å². The van der Waals surface area contributed by atoms with Crippen LogP contribution in [-0.4, -0.2) is 12.1 Å². The summed E-state index contributed by atoms with van der Waals surface area (Å²) in [6.07, 6.45) is 9.16. The van der Waals surface area contributed by atoms with E-state index in [4.69, 9.17) is 4.74 Å². The van der Waals surface area contributed by atoms with Gasteiger partial charge in [0, 0.05) is 6.42 Å². The molecule has 0 aromatic carbocycles. The molecule has 2 nitrogen and oxygen atoms in total. The largest absolute Gasteiger partial charge is 0.450 e. The van der Waals surface area contributed by atoms with E-state index in [-0.39, 0.29) is 5.60 Å². The van der Waals surface area contributed by atoms with Crippen LogP contribution in [0.3, 0.4) is 0 Å². The van der Waals surface area contributed by atoms with Crippen LogP contribution in [-0.2, 0) is 9.53 Å². The summed E-state index contributed by atoms with van der Waals surface area (Å²) in [7, 11) is 0. The van der Waals surface area contributed by atoms with Crippen LogP contribution in [0.1, 0.15) is 38.5 Å². The summed E-state index contributed by atoms with van der Waals surface area (Å²) >= 11 is 0. The van der Waals surface area contributed by atoms with Crippen molar-refractivity contribution in [3.63, 3.8) is 0 Å². The molecule has 4 fully saturated rings. The van der Waals surface area contributed by atoms with Crippen LogP contribution < -0.4 is 0 Å². The second kappa shape index (κ2) is 3.61. The molecule has 4 rings (SSSR count). The Morgan fingerprint density at radius 2 is 1.75 bits per heavy atom. The van der Waals surface area contributed by atoms with Crippen molar-refractivity contribution in [3.05, 3.63) is 12.7 Å². The Kier molecular flexibility index (Phi) is 2.34. The Labute approximate surface area is 97.1 Å². The Morgan fingerprint density at radius 3 is 2.19 bits per heavy atom. The van der Waals surface area contributed by atoms with E-state index in [9.17, 15) is 4.79 Å². The minimum Gasteiger partial charge on any atom is -0.450 e. The molecule has 0 aliphatic heterocycles. The maximum Gasteiger partial charge on any atom is 0.418 e. The molecule has 4 saturated carbocycles.